The van der Waals surface area contributed by atoms with Gasteiger partial charge in [-0.15, -0.1) is 0 Å². The van der Waals surface area contributed by atoms with Gasteiger partial charge in [0.1, 0.15) is 6.04 Å². The van der Waals surface area contributed by atoms with Gasteiger partial charge in [0, 0.05) is 24.6 Å². The van der Waals surface area contributed by atoms with Crippen molar-refractivity contribution in [1.82, 2.24) is 25.5 Å². The first-order valence-corrected chi connectivity index (χ1v) is 7.07. The largest absolute Gasteiger partial charge is 0.352 e. The zero-order valence-corrected chi connectivity index (χ0v) is 12.2. The molecule has 23 heavy (non-hydrogen) atoms. The number of rotatable bonds is 5. The molecule has 1 saturated heterocycles. The third-order valence-corrected chi connectivity index (χ3v) is 3.48. The second kappa shape index (κ2) is 6.30. The minimum atomic E-state index is -0.800. The normalized spacial score (nSPS) is 16.8. The summed E-state index contributed by atoms with van der Waals surface area (Å²) in [7, 11) is 0. The van der Waals surface area contributed by atoms with Crippen LogP contribution in [0.25, 0.3) is 5.69 Å². The molecule has 0 radical (unpaired) electrons. The van der Waals surface area contributed by atoms with E-state index in [0.717, 1.165) is 11.3 Å². The molecule has 1 unspecified atom stereocenters. The highest BCUT2D eigenvalue weighted by Gasteiger charge is 2.31. The number of hydrogen-bond acceptors (Lipinski definition) is 4. The maximum Gasteiger partial charge on any atom is 0.322 e. The first-order valence-electron chi connectivity index (χ1n) is 7.07. The molecule has 8 heteroatoms. The number of nitrogens with zero attached hydrogens (tertiary/aromatic N) is 2. The van der Waals surface area contributed by atoms with Gasteiger partial charge in [-0.05, 0) is 17.7 Å². The van der Waals surface area contributed by atoms with Crippen LogP contribution < -0.4 is 16.0 Å². The third-order valence-electron chi connectivity index (χ3n) is 3.48. The van der Waals surface area contributed by atoms with Gasteiger partial charge in [-0.2, -0.15) is 0 Å². The second-order valence-electron chi connectivity index (χ2n) is 5.13. The van der Waals surface area contributed by atoms with E-state index in [1.54, 1.807) is 12.5 Å². The maximum atomic E-state index is 11.8. The summed E-state index contributed by atoms with van der Waals surface area (Å²) in [4.78, 5) is 38.1. The van der Waals surface area contributed by atoms with Crippen LogP contribution in [0.2, 0.25) is 0 Å². The van der Waals surface area contributed by atoms with E-state index in [-0.39, 0.29) is 12.3 Å². The summed E-state index contributed by atoms with van der Waals surface area (Å²) in [5.41, 5.74) is 1.91. The third kappa shape index (κ3) is 3.54. The second-order valence-corrected chi connectivity index (χ2v) is 5.13. The van der Waals surface area contributed by atoms with Crippen molar-refractivity contribution in [2.24, 2.45) is 0 Å². The average Bonchev–Trinajstić information content (AvgIpc) is 3.16. The number of amides is 4. The number of urea groups is 1. The molecule has 1 aliphatic rings. The SMILES string of the molecule is O=C(CC1NC(=O)NC1=O)NCc1ccc(-n2ccnc2)cc1. The number of benzene rings is 1. The minimum Gasteiger partial charge on any atom is -0.352 e. The van der Waals surface area contributed by atoms with Gasteiger partial charge in [-0.3, -0.25) is 14.9 Å². The number of imide groups is 1. The Hall–Kier alpha value is -3.16. The lowest BCUT2D eigenvalue weighted by atomic mass is 10.1. The summed E-state index contributed by atoms with van der Waals surface area (Å²) < 4.78 is 1.88. The Kier molecular flexibility index (Phi) is 4.05. The molecule has 2 aromatic rings. The highest BCUT2D eigenvalue weighted by molar-refractivity contribution is 6.05. The topological polar surface area (TPSA) is 105 Å². The van der Waals surface area contributed by atoms with Gasteiger partial charge in [0.25, 0.3) is 5.91 Å². The van der Waals surface area contributed by atoms with Crippen molar-refractivity contribution in [3.8, 4) is 5.69 Å². The Labute approximate surface area is 131 Å². The van der Waals surface area contributed by atoms with Gasteiger partial charge in [0.05, 0.1) is 12.7 Å². The van der Waals surface area contributed by atoms with Gasteiger partial charge in [0.2, 0.25) is 5.91 Å². The van der Waals surface area contributed by atoms with Crippen molar-refractivity contribution in [1.29, 1.82) is 0 Å². The van der Waals surface area contributed by atoms with Gasteiger partial charge >= 0.3 is 6.03 Å². The van der Waals surface area contributed by atoms with Crippen LogP contribution in [0.3, 0.4) is 0 Å². The Morgan fingerprint density at radius 3 is 2.65 bits per heavy atom. The van der Waals surface area contributed by atoms with Gasteiger partial charge < -0.3 is 15.2 Å². The maximum absolute atomic E-state index is 11.8. The number of aromatic nitrogens is 2. The lowest BCUT2D eigenvalue weighted by Crippen LogP contribution is -2.36. The average molecular weight is 313 g/mol. The van der Waals surface area contributed by atoms with Crippen molar-refractivity contribution >= 4 is 17.8 Å². The molecule has 1 atom stereocenters. The van der Waals surface area contributed by atoms with Gasteiger partial charge in [0.15, 0.2) is 0 Å². The van der Waals surface area contributed by atoms with Crippen LogP contribution in [0.4, 0.5) is 4.79 Å². The highest BCUT2D eigenvalue weighted by Crippen LogP contribution is 2.09. The molecule has 1 aromatic carbocycles. The molecule has 0 aliphatic carbocycles. The van der Waals surface area contributed by atoms with E-state index in [2.05, 4.69) is 20.9 Å². The van der Waals surface area contributed by atoms with Crippen LogP contribution in [0, 0.1) is 0 Å². The predicted octanol–water partition coefficient (Wildman–Crippen LogP) is 0.0866. The van der Waals surface area contributed by atoms with E-state index in [9.17, 15) is 14.4 Å². The molecule has 0 bridgehead atoms. The molecule has 118 valence electrons. The summed E-state index contributed by atoms with van der Waals surface area (Å²) in [5, 5.41) is 7.20. The zero-order valence-electron chi connectivity index (χ0n) is 12.2. The van der Waals surface area contributed by atoms with Crippen LogP contribution in [-0.2, 0) is 16.1 Å². The van der Waals surface area contributed by atoms with Crippen molar-refractivity contribution in [3.05, 3.63) is 48.5 Å². The molecule has 4 amide bonds. The number of hydrogen-bond donors (Lipinski definition) is 3. The van der Waals surface area contributed by atoms with Crippen LogP contribution in [-0.4, -0.2) is 33.4 Å². The van der Waals surface area contributed by atoms with Crippen molar-refractivity contribution in [3.63, 3.8) is 0 Å². The number of nitrogens with one attached hydrogen (secondary N) is 3. The van der Waals surface area contributed by atoms with Crippen molar-refractivity contribution in [2.45, 2.75) is 19.0 Å². The van der Waals surface area contributed by atoms with Crippen molar-refractivity contribution in [2.75, 3.05) is 0 Å². The quantitative estimate of drug-likeness (QED) is 0.680. The summed E-state index contributed by atoms with van der Waals surface area (Å²) in [6.45, 7) is 0.353. The Bertz CT molecular complexity index is 724. The molecule has 3 rings (SSSR count). The monoisotopic (exact) mass is 313 g/mol. The number of carbonyl (C=O) groups excluding carboxylic acids is 3. The summed E-state index contributed by atoms with van der Waals surface area (Å²) in [5.74, 6) is -0.777. The molecule has 0 saturated carbocycles. The number of imidazole rings is 1. The molecule has 1 fully saturated rings. The minimum absolute atomic E-state index is 0.0787. The van der Waals surface area contributed by atoms with Crippen LogP contribution >= 0.6 is 0 Å². The van der Waals surface area contributed by atoms with E-state index in [1.165, 1.54) is 0 Å². The molecule has 3 N–H and O–H groups in total. The fraction of sp³-hybridized carbons (Fsp3) is 0.200. The number of carbonyl (C=O) groups is 3. The smallest absolute Gasteiger partial charge is 0.322 e. The van der Waals surface area contributed by atoms with E-state index >= 15 is 0 Å². The van der Waals surface area contributed by atoms with Crippen molar-refractivity contribution < 1.29 is 14.4 Å². The molecule has 1 aromatic heterocycles. The summed E-state index contributed by atoms with van der Waals surface area (Å²) in [6.07, 6.45) is 5.17. The lowest BCUT2D eigenvalue weighted by Gasteiger charge is -2.09. The van der Waals surface area contributed by atoms with E-state index in [4.69, 9.17) is 0 Å². The molecule has 8 nitrogen and oxygen atoms in total. The molecule has 1 aliphatic heterocycles. The molecule has 2 heterocycles. The molecular weight excluding hydrogens is 298 g/mol. The fourth-order valence-corrected chi connectivity index (χ4v) is 2.26. The van der Waals surface area contributed by atoms with E-state index < -0.39 is 18.0 Å². The Morgan fingerprint density at radius 2 is 2.04 bits per heavy atom. The first kappa shape index (κ1) is 14.8. The molecule has 0 spiro atoms. The van der Waals surface area contributed by atoms with Crippen LogP contribution in [0.15, 0.2) is 43.0 Å². The van der Waals surface area contributed by atoms with E-state index in [0.29, 0.717) is 6.54 Å². The highest BCUT2D eigenvalue weighted by atomic mass is 16.2. The summed E-state index contributed by atoms with van der Waals surface area (Å²) >= 11 is 0. The van der Waals surface area contributed by atoms with E-state index in [1.807, 2.05) is 35.0 Å². The van der Waals surface area contributed by atoms with Gasteiger partial charge in [-0.25, -0.2) is 9.78 Å². The van der Waals surface area contributed by atoms with Gasteiger partial charge in [-0.1, -0.05) is 12.1 Å². The zero-order chi connectivity index (χ0) is 16.2. The Balaban J connectivity index is 1.51. The molecular formula is C15H15N5O3. The first-order chi connectivity index (χ1) is 11.1. The predicted molar refractivity (Wildman–Crippen MR) is 80.5 cm³/mol. The standard InChI is InChI=1S/C15H15N5O3/c21-13(7-12-14(22)19-15(23)18-12)17-8-10-1-3-11(4-2-10)20-6-5-16-9-20/h1-6,9,12H,7-8H2,(H,17,21)(H2,18,19,22,23). The lowest BCUT2D eigenvalue weighted by molar-refractivity contribution is -0.126. The van der Waals surface area contributed by atoms with Crippen LogP contribution in [0.5, 0.6) is 0 Å². The van der Waals surface area contributed by atoms with Crippen LogP contribution in [0.1, 0.15) is 12.0 Å². The fourth-order valence-electron chi connectivity index (χ4n) is 2.26. The Morgan fingerprint density at radius 1 is 1.26 bits per heavy atom. The summed E-state index contributed by atoms with van der Waals surface area (Å²) in [6, 6.07) is 6.29.